The molecule has 1 fully saturated rings. The first-order valence-electron chi connectivity index (χ1n) is 5.81. The third-order valence-corrected chi connectivity index (χ3v) is 3.14. The first-order chi connectivity index (χ1) is 8.11. The molecule has 1 aromatic carbocycles. The number of nitrogens with zero attached hydrogens (tertiary/aromatic N) is 2. The quantitative estimate of drug-likeness (QED) is 0.805. The van der Waals surface area contributed by atoms with Crippen LogP contribution in [-0.2, 0) is 0 Å². The Morgan fingerprint density at radius 3 is 2.88 bits per heavy atom. The van der Waals surface area contributed by atoms with Gasteiger partial charge in [0, 0.05) is 19.1 Å². The standard InChI is InChI=1S/C13H16FN3/c1-9-5-10(16)8-17(7-9)13-4-2-3-12(14)11(13)6-15/h2-4,9-10H,5,7-8,16H2,1H3. The fourth-order valence-electron chi connectivity index (χ4n) is 2.48. The number of nitriles is 1. The second-order valence-corrected chi connectivity index (χ2v) is 4.75. The Kier molecular flexibility index (Phi) is 3.30. The summed E-state index contributed by atoms with van der Waals surface area (Å²) in [5.74, 6) is 0.00496. The normalized spacial score (nSPS) is 24.5. The average molecular weight is 233 g/mol. The highest BCUT2D eigenvalue weighted by Crippen LogP contribution is 2.27. The molecular weight excluding hydrogens is 217 g/mol. The van der Waals surface area contributed by atoms with Gasteiger partial charge in [-0.25, -0.2) is 4.39 Å². The number of anilines is 1. The molecule has 0 aliphatic carbocycles. The van der Waals surface area contributed by atoms with Gasteiger partial charge >= 0.3 is 0 Å². The molecule has 2 rings (SSSR count). The van der Waals surface area contributed by atoms with Crippen molar-refractivity contribution in [1.82, 2.24) is 0 Å². The zero-order valence-electron chi connectivity index (χ0n) is 9.86. The SMILES string of the molecule is CC1CC(N)CN(c2cccc(F)c2C#N)C1. The molecule has 1 aromatic rings. The molecule has 0 bridgehead atoms. The van der Waals surface area contributed by atoms with Crippen molar-refractivity contribution in [2.75, 3.05) is 18.0 Å². The maximum atomic E-state index is 13.5. The number of hydrogen-bond acceptors (Lipinski definition) is 3. The van der Waals surface area contributed by atoms with Crippen molar-refractivity contribution in [3.05, 3.63) is 29.6 Å². The van der Waals surface area contributed by atoms with Crippen molar-refractivity contribution in [2.24, 2.45) is 11.7 Å². The Labute approximate surface area is 101 Å². The van der Waals surface area contributed by atoms with Gasteiger partial charge in [0.1, 0.15) is 17.4 Å². The Hall–Kier alpha value is -1.60. The highest BCUT2D eigenvalue weighted by atomic mass is 19.1. The van der Waals surface area contributed by atoms with Gasteiger partial charge < -0.3 is 10.6 Å². The van der Waals surface area contributed by atoms with Crippen LogP contribution in [0.3, 0.4) is 0 Å². The fraction of sp³-hybridized carbons (Fsp3) is 0.462. The van der Waals surface area contributed by atoms with Crippen LogP contribution in [0.4, 0.5) is 10.1 Å². The number of nitrogens with two attached hydrogens (primary N) is 1. The maximum Gasteiger partial charge on any atom is 0.143 e. The number of hydrogen-bond donors (Lipinski definition) is 1. The van der Waals surface area contributed by atoms with E-state index in [0.717, 1.165) is 13.0 Å². The van der Waals surface area contributed by atoms with Gasteiger partial charge in [0.05, 0.1) is 5.69 Å². The largest absolute Gasteiger partial charge is 0.369 e. The van der Waals surface area contributed by atoms with Gasteiger partial charge in [-0.05, 0) is 24.5 Å². The van der Waals surface area contributed by atoms with Crippen LogP contribution in [-0.4, -0.2) is 19.1 Å². The van der Waals surface area contributed by atoms with Gasteiger partial charge in [-0.1, -0.05) is 13.0 Å². The molecule has 1 saturated heterocycles. The summed E-state index contributed by atoms with van der Waals surface area (Å²) >= 11 is 0. The van der Waals surface area contributed by atoms with Crippen LogP contribution in [0.15, 0.2) is 18.2 Å². The maximum absolute atomic E-state index is 13.5. The second kappa shape index (κ2) is 4.72. The molecule has 1 heterocycles. The van der Waals surface area contributed by atoms with Gasteiger partial charge in [0.25, 0.3) is 0 Å². The van der Waals surface area contributed by atoms with E-state index in [1.807, 2.05) is 11.0 Å². The van der Waals surface area contributed by atoms with Crippen LogP contribution in [0.2, 0.25) is 0 Å². The first-order valence-corrected chi connectivity index (χ1v) is 5.81. The summed E-state index contributed by atoms with van der Waals surface area (Å²) in [7, 11) is 0. The third kappa shape index (κ3) is 2.40. The molecule has 4 heteroatoms. The molecule has 3 nitrogen and oxygen atoms in total. The summed E-state index contributed by atoms with van der Waals surface area (Å²) in [6.07, 6.45) is 0.980. The van der Waals surface area contributed by atoms with Crippen LogP contribution in [0.1, 0.15) is 18.9 Å². The minimum Gasteiger partial charge on any atom is -0.369 e. The van der Waals surface area contributed by atoms with Crippen molar-refractivity contribution in [2.45, 2.75) is 19.4 Å². The summed E-state index contributed by atoms with van der Waals surface area (Å²) in [6.45, 7) is 3.63. The smallest absolute Gasteiger partial charge is 0.143 e. The van der Waals surface area contributed by atoms with E-state index in [0.29, 0.717) is 18.2 Å². The molecular formula is C13H16FN3. The highest BCUT2D eigenvalue weighted by molar-refractivity contribution is 5.60. The van der Waals surface area contributed by atoms with Crippen molar-refractivity contribution >= 4 is 5.69 Å². The minimum absolute atomic E-state index is 0.0913. The van der Waals surface area contributed by atoms with E-state index in [4.69, 9.17) is 11.0 Å². The summed E-state index contributed by atoms with van der Waals surface area (Å²) < 4.78 is 13.5. The third-order valence-electron chi connectivity index (χ3n) is 3.14. The van der Waals surface area contributed by atoms with Gasteiger partial charge in [-0.2, -0.15) is 5.26 Å². The lowest BCUT2D eigenvalue weighted by Crippen LogP contribution is -2.46. The zero-order valence-corrected chi connectivity index (χ0v) is 9.86. The van der Waals surface area contributed by atoms with Gasteiger partial charge in [-0.15, -0.1) is 0 Å². The van der Waals surface area contributed by atoms with Crippen molar-refractivity contribution < 1.29 is 4.39 Å². The predicted molar refractivity (Wildman–Crippen MR) is 65.1 cm³/mol. The Morgan fingerprint density at radius 1 is 1.47 bits per heavy atom. The molecule has 0 aromatic heterocycles. The number of halogens is 1. The summed E-state index contributed by atoms with van der Waals surface area (Å²) in [5.41, 5.74) is 6.74. The molecule has 1 aliphatic heterocycles. The molecule has 0 radical (unpaired) electrons. The Morgan fingerprint density at radius 2 is 2.24 bits per heavy atom. The molecule has 2 atom stereocenters. The molecule has 0 amide bonds. The van der Waals surface area contributed by atoms with E-state index in [1.54, 1.807) is 12.1 Å². The van der Waals surface area contributed by atoms with E-state index >= 15 is 0 Å². The lowest BCUT2D eigenvalue weighted by atomic mass is 9.95. The topological polar surface area (TPSA) is 53.0 Å². The Bertz CT molecular complexity index is 442. The van der Waals surface area contributed by atoms with E-state index in [-0.39, 0.29) is 11.6 Å². The molecule has 2 unspecified atom stereocenters. The second-order valence-electron chi connectivity index (χ2n) is 4.75. The minimum atomic E-state index is -0.461. The van der Waals surface area contributed by atoms with Crippen LogP contribution >= 0.6 is 0 Å². The summed E-state index contributed by atoms with van der Waals surface area (Å²) in [5, 5.41) is 9.01. The van der Waals surface area contributed by atoms with Crippen molar-refractivity contribution in [3.8, 4) is 6.07 Å². The number of piperidine rings is 1. The fourth-order valence-corrected chi connectivity index (χ4v) is 2.48. The van der Waals surface area contributed by atoms with Gasteiger partial charge in [0.15, 0.2) is 0 Å². The van der Waals surface area contributed by atoms with Crippen LogP contribution in [0, 0.1) is 23.1 Å². The van der Waals surface area contributed by atoms with Gasteiger partial charge in [-0.3, -0.25) is 0 Å². The lowest BCUT2D eigenvalue weighted by molar-refractivity contribution is 0.401. The van der Waals surface area contributed by atoms with E-state index in [1.165, 1.54) is 6.07 Å². The molecule has 0 spiro atoms. The molecule has 90 valence electrons. The molecule has 0 saturated carbocycles. The van der Waals surface area contributed by atoms with E-state index in [2.05, 4.69) is 6.92 Å². The summed E-state index contributed by atoms with van der Waals surface area (Å²) in [4.78, 5) is 2.01. The average Bonchev–Trinajstić information content (AvgIpc) is 2.27. The van der Waals surface area contributed by atoms with E-state index < -0.39 is 5.82 Å². The summed E-state index contributed by atoms with van der Waals surface area (Å²) in [6, 6.07) is 6.76. The van der Waals surface area contributed by atoms with Gasteiger partial charge in [0.2, 0.25) is 0 Å². The molecule has 17 heavy (non-hydrogen) atoms. The van der Waals surface area contributed by atoms with Crippen LogP contribution in [0.25, 0.3) is 0 Å². The van der Waals surface area contributed by atoms with E-state index in [9.17, 15) is 4.39 Å². The number of rotatable bonds is 1. The molecule has 2 N–H and O–H groups in total. The Balaban J connectivity index is 2.34. The highest BCUT2D eigenvalue weighted by Gasteiger charge is 2.24. The monoisotopic (exact) mass is 233 g/mol. The number of benzene rings is 1. The van der Waals surface area contributed by atoms with Crippen molar-refractivity contribution in [3.63, 3.8) is 0 Å². The first kappa shape index (κ1) is 11.9. The predicted octanol–water partition coefficient (Wildman–Crippen LogP) is 1.87. The zero-order chi connectivity index (χ0) is 12.4. The van der Waals surface area contributed by atoms with Crippen LogP contribution < -0.4 is 10.6 Å². The van der Waals surface area contributed by atoms with Crippen LogP contribution in [0.5, 0.6) is 0 Å². The molecule has 1 aliphatic rings. The van der Waals surface area contributed by atoms with Crippen molar-refractivity contribution in [1.29, 1.82) is 5.26 Å². The lowest BCUT2D eigenvalue weighted by Gasteiger charge is -2.36.